The predicted octanol–water partition coefficient (Wildman–Crippen LogP) is -0.166. The second kappa shape index (κ2) is 1.96. The third-order valence-electron chi connectivity index (χ3n) is 2.22. The quantitative estimate of drug-likeness (QED) is 0.563. The van der Waals surface area contributed by atoms with Crippen LogP contribution >= 0.6 is 0 Å². The molecule has 1 aliphatic heterocycles. The van der Waals surface area contributed by atoms with Gasteiger partial charge in [-0.05, 0) is 12.8 Å². The zero-order valence-corrected chi connectivity index (χ0v) is 5.99. The highest BCUT2D eigenvalue weighted by Gasteiger charge is 2.48. The van der Waals surface area contributed by atoms with Crippen molar-refractivity contribution >= 4 is 11.9 Å². The first-order chi connectivity index (χ1) is 5.20. The molecular formula is C7H9NO3. The molecule has 2 rings (SSSR count). The van der Waals surface area contributed by atoms with Gasteiger partial charge < -0.3 is 10.0 Å². The van der Waals surface area contributed by atoms with Crippen LogP contribution in [0.2, 0.25) is 0 Å². The zero-order valence-electron chi connectivity index (χ0n) is 5.99. The molecule has 11 heavy (non-hydrogen) atoms. The van der Waals surface area contributed by atoms with Gasteiger partial charge >= 0.3 is 5.97 Å². The number of likely N-dealkylation sites (tertiary alicyclic amines) is 1. The van der Waals surface area contributed by atoms with Gasteiger partial charge in [-0.25, -0.2) is 4.79 Å². The number of amides is 1. The van der Waals surface area contributed by atoms with Crippen molar-refractivity contribution in [1.82, 2.24) is 4.90 Å². The predicted molar refractivity (Wildman–Crippen MR) is 35.9 cm³/mol. The third-order valence-corrected chi connectivity index (χ3v) is 2.22. The van der Waals surface area contributed by atoms with E-state index in [0.29, 0.717) is 0 Å². The van der Waals surface area contributed by atoms with Crippen LogP contribution in [-0.4, -0.2) is 34.0 Å². The van der Waals surface area contributed by atoms with Gasteiger partial charge in [-0.3, -0.25) is 4.79 Å². The van der Waals surface area contributed by atoms with E-state index in [4.69, 9.17) is 5.11 Å². The SMILES string of the molecule is O=C(O)C1CC(=O)N1C1CC1. The van der Waals surface area contributed by atoms with E-state index in [9.17, 15) is 9.59 Å². The number of carbonyl (C=O) groups excluding carboxylic acids is 1. The second-order valence-electron chi connectivity index (χ2n) is 3.09. The Bertz CT molecular complexity index is 222. The molecular weight excluding hydrogens is 146 g/mol. The smallest absolute Gasteiger partial charge is 0.326 e. The number of rotatable bonds is 2. The summed E-state index contributed by atoms with van der Waals surface area (Å²) >= 11 is 0. The Kier molecular flexibility index (Phi) is 1.19. The fourth-order valence-corrected chi connectivity index (χ4v) is 1.45. The topological polar surface area (TPSA) is 57.6 Å². The molecule has 1 atom stereocenters. The van der Waals surface area contributed by atoms with E-state index in [1.165, 1.54) is 4.90 Å². The molecule has 1 unspecified atom stereocenters. The Morgan fingerprint density at radius 2 is 2.18 bits per heavy atom. The first kappa shape index (κ1) is 6.64. The van der Waals surface area contributed by atoms with Crippen molar-refractivity contribution in [2.75, 3.05) is 0 Å². The molecule has 1 aliphatic carbocycles. The van der Waals surface area contributed by atoms with Gasteiger partial charge in [-0.1, -0.05) is 0 Å². The first-order valence-electron chi connectivity index (χ1n) is 3.74. The lowest BCUT2D eigenvalue weighted by Gasteiger charge is -2.37. The van der Waals surface area contributed by atoms with Crippen molar-refractivity contribution in [3.63, 3.8) is 0 Å². The summed E-state index contributed by atoms with van der Waals surface area (Å²) < 4.78 is 0. The number of nitrogens with zero attached hydrogens (tertiary/aromatic N) is 1. The number of carbonyl (C=O) groups is 2. The summed E-state index contributed by atoms with van der Waals surface area (Å²) in [7, 11) is 0. The molecule has 1 saturated carbocycles. The van der Waals surface area contributed by atoms with Crippen LogP contribution in [0.3, 0.4) is 0 Å². The van der Waals surface area contributed by atoms with Crippen LogP contribution in [0.25, 0.3) is 0 Å². The largest absolute Gasteiger partial charge is 0.480 e. The number of hydrogen-bond acceptors (Lipinski definition) is 2. The van der Waals surface area contributed by atoms with Crippen LogP contribution in [0, 0.1) is 0 Å². The van der Waals surface area contributed by atoms with Crippen molar-refractivity contribution < 1.29 is 14.7 Å². The van der Waals surface area contributed by atoms with Gasteiger partial charge in [0, 0.05) is 6.04 Å². The lowest BCUT2D eigenvalue weighted by Crippen LogP contribution is -2.57. The van der Waals surface area contributed by atoms with E-state index < -0.39 is 12.0 Å². The first-order valence-corrected chi connectivity index (χ1v) is 3.74. The second-order valence-corrected chi connectivity index (χ2v) is 3.09. The molecule has 2 aliphatic rings. The summed E-state index contributed by atoms with van der Waals surface area (Å²) in [5.74, 6) is -0.864. The Balaban J connectivity index is 2.04. The molecule has 0 aromatic rings. The van der Waals surface area contributed by atoms with Gasteiger partial charge in [-0.15, -0.1) is 0 Å². The lowest BCUT2D eigenvalue weighted by molar-refractivity contribution is -0.162. The van der Waals surface area contributed by atoms with E-state index in [1.54, 1.807) is 0 Å². The van der Waals surface area contributed by atoms with Crippen LogP contribution in [0.4, 0.5) is 0 Å². The van der Waals surface area contributed by atoms with Crippen LogP contribution in [0.5, 0.6) is 0 Å². The molecule has 4 nitrogen and oxygen atoms in total. The minimum Gasteiger partial charge on any atom is -0.480 e. The highest BCUT2D eigenvalue weighted by Crippen LogP contribution is 2.35. The van der Waals surface area contributed by atoms with Gasteiger partial charge in [0.15, 0.2) is 0 Å². The van der Waals surface area contributed by atoms with E-state index in [-0.39, 0.29) is 18.4 Å². The van der Waals surface area contributed by atoms with E-state index in [1.807, 2.05) is 0 Å². The summed E-state index contributed by atoms with van der Waals surface area (Å²) in [5, 5.41) is 8.60. The maximum absolute atomic E-state index is 10.9. The average Bonchev–Trinajstić information content (AvgIpc) is 2.65. The molecule has 0 aromatic heterocycles. The van der Waals surface area contributed by atoms with Crippen molar-refractivity contribution in [2.24, 2.45) is 0 Å². The highest BCUT2D eigenvalue weighted by molar-refractivity contribution is 5.94. The molecule has 1 heterocycles. The van der Waals surface area contributed by atoms with Crippen molar-refractivity contribution in [3.05, 3.63) is 0 Å². The van der Waals surface area contributed by atoms with Gasteiger partial charge in [0.1, 0.15) is 6.04 Å². The monoisotopic (exact) mass is 155 g/mol. The number of carboxylic acids is 1. The molecule has 2 fully saturated rings. The normalized spacial score (nSPS) is 30.0. The molecule has 1 N–H and O–H groups in total. The Hall–Kier alpha value is -1.06. The van der Waals surface area contributed by atoms with Crippen LogP contribution in [0.15, 0.2) is 0 Å². The summed E-state index contributed by atoms with van der Waals surface area (Å²) in [6.45, 7) is 0. The maximum atomic E-state index is 10.9. The number of hydrogen-bond donors (Lipinski definition) is 1. The highest BCUT2D eigenvalue weighted by atomic mass is 16.4. The molecule has 4 heteroatoms. The fraction of sp³-hybridized carbons (Fsp3) is 0.714. The average molecular weight is 155 g/mol. The molecule has 60 valence electrons. The summed E-state index contributed by atoms with van der Waals surface area (Å²) in [6.07, 6.45) is 2.16. The minimum atomic E-state index is -0.864. The van der Waals surface area contributed by atoms with E-state index in [2.05, 4.69) is 0 Å². The summed E-state index contributed by atoms with van der Waals surface area (Å²) in [6, 6.07) is -0.271. The molecule has 0 aromatic carbocycles. The zero-order chi connectivity index (χ0) is 8.01. The van der Waals surface area contributed by atoms with Crippen molar-refractivity contribution in [3.8, 4) is 0 Å². The fourth-order valence-electron chi connectivity index (χ4n) is 1.45. The van der Waals surface area contributed by atoms with Crippen molar-refractivity contribution in [2.45, 2.75) is 31.3 Å². The molecule has 0 bridgehead atoms. The van der Waals surface area contributed by atoms with Crippen LogP contribution in [-0.2, 0) is 9.59 Å². The lowest BCUT2D eigenvalue weighted by atomic mass is 10.0. The summed E-state index contributed by atoms with van der Waals surface area (Å²) in [4.78, 5) is 22.9. The number of β-lactam (4-membered cyclic amide) rings is 1. The van der Waals surface area contributed by atoms with Crippen LogP contribution in [0.1, 0.15) is 19.3 Å². The number of carboxylic acid groups (broad SMARTS) is 1. The van der Waals surface area contributed by atoms with Crippen LogP contribution < -0.4 is 0 Å². The molecule has 1 saturated heterocycles. The van der Waals surface area contributed by atoms with Gasteiger partial charge in [0.2, 0.25) is 5.91 Å². The van der Waals surface area contributed by atoms with Crippen molar-refractivity contribution in [1.29, 1.82) is 0 Å². The van der Waals surface area contributed by atoms with E-state index in [0.717, 1.165) is 12.8 Å². The number of aliphatic carboxylic acids is 1. The maximum Gasteiger partial charge on any atom is 0.326 e. The third kappa shape index (κ3) is 0.895. The van der Waals surface area contributed by atoms with Gasteiger partial charge in [0.25, 0.3) is 0 Å². The Labute approximate surface area is 63.8 Å². The Morgan fingerprint density at radius 3 is 2.55 bits per heavy atom. The molecule has 1 amide bonds. The van der Waals surface area contributed by atoms with Gasteiger partial charge in [-0.2, -0.15) is 0 Å². The molecule has 0 radical (unpaired) electrons. The Morgan fingerprint density at radius 1 is 1.55 bits per heavy atom. The van der Waals surface area contributed by atoms with Gasteiger partial charge in [0.05, 0.1) is 6.42 Å². The standard InChI is InChI=1S/C7H9NO3/c9-6-3-5(7(10)11)8(6)4-1-2-4/h4-5H,1-3H2,(H,10,11). The minimum absolute atomic E-state index is 0.0000926. The molecule has 0 spiro atoms. The van der Waals surface area contributed by atoms with E-state index >= 15 is 0 Å². The summed E-state index contributed by atoms with van der Waals surface area (Å²) in [5.41, 5.74) is 0.